The lowest BCUT2D eigenvalue weighted by molar-refractivity contribution is -0.137. The fraction of sp³-hybridized carbons (Fsp3) is 0.444. The van der Waals surface area contributed by atoms with Gasteiger partial charge in [-0.25, -0.2) is 9.59 Å². The van der Waals surface area contributed by atoms with Gasteiger partial charge in [-0.2, -0.15) is 0 Å². The first-order valence-electron chi connectivity index (χ1n) is 8.24. The molecule has 1 heterocycles. The van der Waals surface area contributed by atoms with E-state index in [4.69, 9.17) is 9.84 Å². The van der Waals surface area contributed by atoms with Crippen molar-refractivity contribution in [3.63, 3.8) is 0 Å². The second-order valence-corrected chi connectivity index (χ2v) is 5.75. The van der Waals surface area contributed by atoms with Crippen LogP contribution in [0.15, 0.2) is 30.3 Å². The Morgan fingerprint density at radius 2 is 1.96 bits per heavy atom. The van der Waals surface area contributed by atoms with E-state index in [9.17, 15) is 9.59 Å². The number of aliphatic hydroxyl groups excluding tert-OH is 1. The molecule has 0 unspecified atom stereocenters. The molecule has 2 N–H and O–H groups in total. The van der Waals surface area contributed by atoms with Gasteiger partial charge in [-0.15, -0.1) is 0 Å². The molecule has 1 aliphatic rings. The van der Waals surface area contributed by atoms with Gasteiger partial charge in [-0.3, -0.25) is 0 Å². The van der Waals surface area contributed by atoms with Gasteiger partial charge in [0.05, 0.1) is 6.61 Å². The Morgan fingerprint density at radius 1 is 1.29 bits per heavy atom. The second-order valence-electron chi connectivity index (χ2n) is 5.75. The van der Waals surface area contributed by atoms with E-state index in [1.54, 1.807) is 30.0 Å². The zero-order valence-corrected chi connectivity index (χ0v) is 13.9. The number of carbonyl (C=O) groups excluding carboxylic acids is 2. The first-order chi connectivity index (χ1) is 11.6. The number of hydrogen-bond donors (Lipinski definition) is 2. The van der Waals surface area contributed by atoms with Gasteiger partial charge in [0.1, 0.15) is 0 Å². The molecule has 1 aliphatic heterocycles. The highest BCUT2D eigenvalue weighted by Gasteiger charge is 2.22. The lowest BCUT2D eigenvalue weighted by atomic mass is 9.98. The number of rotatable bonds is 5. The minimum atomic E-state index is -0.374. The molecule has 2 rings (SSSR count). The first-order valence-corrected chi connectivity index (χ1v) is 8.24. The van der Waals surface area contributed by atoms with E-state index in [2.05, 4.69) is 5.32 Å². The predicted molar refractivity (Wildman–Crippen MR) is 92.5 cm³/mol. The normalized spacial score (nSPS) is 15.5. The Balaban J connectivity index is 1.85. The van der Waals surface area contributed by atoms with Crippen LogP contribution in [0, 0.1) is 5.92 Å². The van der Waals surface area contributed by atoms with Crippen LogP contribution in [0.5, 0.6) is 0 Å². The number of ether oxygens (including phenoxy) is 1. The van der Waals surface area contributed by atoms with E-state index in [1.165, 1.54) is 6.08 Å². The first kappa shape index (κ1) is 18.0. The Labute approximate surface area is 142 Å². The minimum Gasteiger partial charge on any atom is -0.463 e. The van der Waals surface area contributed by atoms with Crippen LogP contribution in [-0.2, 0) is 9.53 Å². The topological polar surface area (TPSA) is 78.9 Å². The summed E-state index contributed by atoms with van der Waals surface area (Å²) in [6.07, 6.45) is 4.72. The number of aliphatic hydroxyl groups is 1. The predicted octanol–water partition coefficient (Wildman–Crippen LogP) is 2.50. The zero-order valence-electron chi connectivity index (χ0n) is 13.9. The van der Waals surface area contributed by atoms with Gasteiger partial charge in [0.25, 0.3) is 0 Å². The average Bonchev–Trinajstić information content (AvgIpc) is 2.61. The molecule has 24 heavy (non-hydrogen) atoms. The summed E-state index contributed by atoms with van der Waals surface area (Å²) < 4.78 is 4.82. The molecule has 1 aromatic rings. The molecule has 6 nitrogen and oxygen atoms in total. The van der Waals surface area contributed by atoms with Crippen molar-refractivity contribution < 1.29 is 19.4 Å². The molecule has 0 aromatic heterocycles. The largest absolute Gasteiger partial charge is 0.463 e. The van der Waals surface area contributed by atoms with Crippen LogP contribution in [0.1, 0.15) is 25.3 Å². The van der Waals surface area contributed by atoms with Gasteiger partial charge >= 0.3 is 12.0 Å². The molecule has 0 bridgehead atoms. The number of urea groups is 1. The van der Waals surface area contributed by atoms with Crippen LogP contribution in [0.2, 0.25) is 0 Å². The molecule has 1 saturated heterocycles. The molecule has 0 atom stereocenters. The number of nitrogens with zero attached hydrogens (tertiary/aromatic N) is 1. The van der Waals surface area contributed by atoms with Crippen LogP contribution < -0.4 is 5.32 Å². The van der Waals surface area contributed by atoms with Crippen LogP contribution in [-0.4, -0.2) is 48.3 Å². The van der Waals surface area contributed by atoms with Crippen molar-refractivity contribution in [3.8, 4) is 0 Å². The van der Waals surface area contributed by atoms with Gasteiger partial charge < -0.3 is 20.1 Å². The van der Waals surface area contributed by atoms with Crippen LogP contribution in [0.25, 0.3) is 6.08 Å². The SMILES string of the molecule is CCOC(=O)/C=C\c1ccc(NC(=O)N2CCC(CO)CC2)cc1. The molecule has 0 radical (unpaired) electrons. The van der Waals surface area contributed by atoms with Gasteiger partial charge in [-0.1, -0.05) is 12.1 Å². The number of nitrogens with one attached hydrogen (secondary N) is 1. The standard InChI is InChI=1S/C18H24N2O4/c1-2-24-17(22)8-5-14-3-6-16(7-4-14)19-18(23)20-11-9-15(13-21)10-12-20/h3-8,15,21H,2,9-13H2,1H3,(H,19,23)/b8-5-. The van der Waals surface area contributed by atoms with Crippen molar-refractivity contribution in [1.29, 1.82) is 0 Å². The Kier molecular flexibility index (Phi) is 6.81. The quantitative estimate of drug-likeness (QED) is 0.641. The minimum absolute atomic E-state index is 0.124. The zero-order chi connectivity index (χ0) is 17.4. The molecule has 1 aromatic carbocycles. The number of esters is 1. The summed E-state index contributed by atoms with van der Waals surface area (Å²) in [5.74, 6) is -0.0688. The highest BCUT2D eigenvalue weighted by atomic mass is 16.5. The van der Waals surface area contributed by atoms with Gasteiger partial charge in [0, 0.05) is 31.5 Å². The van der Waals surface area contributed by atoms with Crippen molar-refractivity contribution in [2.24, 2.45) is 5.92 Å². The maximum atomic E-state index is 12.2. The molecule has 130 valence electrons. The molecular weight excluding hydrogens is 308 g/mol. The van der Waals surface area contributed by atoms with Gasteiger partial charge in [0.2, 0.25) is 0 Å². The van der Waals surface area contributed by atoms with E-state index in [-0.39, 0.29) is 18.6 Å². The highest BCUT2D eigenvalue weighted by Crippen LogP contribution is 2.18. The van der Waals surface area contributed by atoms with Crippen LogP contribution >= 0.6 is 0 Å². The second kappa shape index (κ2) is 9.08. The van der Waals surface area contributed by atoms with E-state index in [1.807, 2.05) is 12.1 Å². The summed E-state index contributed by atoms with van der Waals surface area (Å²) in [6.45, 7) is 3.63. The van der Waals surface area contributed by atoms with E-state index in [0.29, 0.717) is 31.3 Å². The molecule has 0 spiro atoms. The summed E-state index contributed by atoms with van der Waals surface area (Å²) in [5, 5.41) is 12.0. The van der Waals surface area contributed by atoms with E-state index >= 15 is 0 Å². The summed E-state index contributed by atoms with van der Waals surface area (Å²) in [4.78, 5) is 25.2. The third-order valence-corrected chi connectivity index (χ3v) is 4.02. The third-order valence-electron chi connectivity index (χ3n) is 4.02. The van der Waals surface area contributed by atoms with E-state index < -0.39 is 0 Å². The molecule has 1 fully saturated rings. The highest BCUT2D eigenvalue weighted by molar-refractivity contribution is 5.90. The number of anilines is 1. The number of hydrogen-bond acceptors (Lipinski definition) is 4. The number of piperidine rings is 1. The summed E-state index contributed by atoms with van der Waals surface area (Å²) >= 11 is 0. The number of likely N-dealkylation sites (tertiary alicyclic amines) is 1. The lowest BCUT2D eigenvalue weighted by Gasteiger charge is -2.31. The van der Waals surface area contributed by atoms with Crippen molar-refractivity contribution in [2.45, 2.75) is 19.8 Å². The van der Waals surface area contributed by atoms with Crippen LogP contribution in [0.4, 0.5) is 10.5 Å². The van der Waals surface area contributed by atoms with Gasteiger partial charge in [0.15, 0.2) is 0 Å². The maximum Gasteiger partial charge on any atom is 0.330 e. The molecule has 0 aliphatic carbocycles. The summed E-state index contributed by atoms with van der Waals surface area (Å²) in [5.41, 5.74) is 1.56. The Hall–Kier alpha value is -2.34. The fourth-order valence-corrected chi connectivity index (χ4v) is 2.55. The molecule has 0 saturated carbocycles. The molecule has 2 amide bonds. The fourth-order valence-electron chi connectivity index (χ4n) is 2.55. The Morgan fingerprint density at radius 3 is 2.54 bits per heavy atom. The van der Waals surface area contributed by atoms with Crippen molar-refractivity contribution in [1.82, 2.24) is 4.90 Å². The van der Waals surface area contributed by atoms with Gasteiger partial charge in [-0.05, 0) is 49.5 Å². The van der Waals surface area contributed by atoms with Crippen molar-refractivity contribution in [3.05, 3.63) is 35.9 Å². The summed E-state index contributed by atoms with van der Waals surface area (Å²) in [7, 11) is 0. The monoisotopic (exact) mass is 332 g/mol. The summed E-state index contributed by atoms with van der Waals surface area (Å²) in [6, 6.07) is 7.11. The van der Waals surface area contributed by atoms with E-state index in [0.717, 1.165) is 18.4 Å². The maximum absolute atomic E-state index is 12.2. The number of amides is 2. The third kappa shape index (κ3) is 5.38. The van der Waals surface area contributed by atoms with Crippen LogP contribution in [0.3, 0.4) is 0 Å². The van der Waals surface area contributed by atoms with Crippen molar-refractivity contribution in [2.75, 3.05) is 31.6 Å². The number of benzene rings is 1. The Bertz CT molecular complexity index is 575. The average molecular weight is 332 g/mol. The molecule has 6 heteroatoms. The smallest absolute Gasteiger partial charge is 0.330 e. The molecular formula is C18H24N2O4. The number of carbonyl (C=O) groups is 2. The van der Waals surface area contributed by atoms with Crippen molar-refractivity contribution >= 4 is 23.8 Å². The lowest BCUT2D eigenvalue weighted by Crippen LogP contribution is -2.41.